The molecule has 24 heavy (non-hydrogen) atoms. The summed E-state index contributed by atoms with van der Waals surface area (Å²) in [6, 6.07) is 7.48. The smallest absolute Gasteiger partial charge is 0.306 e. The minimum absolute atomic E-state index is 0.131. The molecule has 0 aliphatic carbocycles. The van der Waals surface area contributed by atoms with Crippen molar-refractivity contribution in [1.82, 2.24) is 0 Å². The third kappa shape index (κ3) is 5.17. The van der Waals surface area contributed by atoms with Crippen LogP contribution >= 0.6 is 11.3 Å². The minimum Gasteiger partial charge on any atom is -0.453 e. The lowest BCUT2D eigenvalue weighted by molar-refractivity contribution is -0.384. The molecule has 2 aromatic rings. The molecule has 0 aliphatic rings. The van der Waals surface area contributed by atoms with Crippen LogP contribution in [-0.2, 0) is 20.7 Å². The molecule has 8 heteroatoms. The number of ether oxygens (including phenoxy) is 1. The molecule has 0 aliphatic heterocycles. The first-order chi connectivity index (χ1) is 11.5. The summed E-state index contributed by atoms with van der Waals surface area (Å²) in [5.74, 6) is -1.01. The van der Waals surface area contributed by atoms with Crippen LogP contribution < -0.4 is 5.32 Å². The van der Waals surface area contributed by atoms with Crippen LogP contribution in [0, 0.1) is 10.1 Å². The van der Waals surface area contributed by atoms with Crippen molar-refractivity contribution in [1.29, 1.82) is 0 Å². The first kappa shape index (κ1) is 17.6. The normalized spacial score (nSPS) is 11.5. The molecule has 1 aromatic carbocycles. The Kier molecular flexibility index (Phi) is 6.02. The van der Waals surface area contributed by atoms with Crippen LogP contribution in [0.2, 0.25) is 0 Å². The van der Waals surface area contributed by atoms with E-state index in [9.17, 15) is 19.7 Å². The maximum atomic E-state index is 12.0. The predicted molar refractivity (Wildman–Crippen MR) is 89.9 cm³/mol. The highest BCUT2D eigenvalue weighted by atomic mass is 32.1. The van der Waals surface area contributed by atoms with E-state index in [1.807, 2.05) is 16.8 Å². The zero-order chi connectivity index (χ0) is 17.5. The number of rotatable bonds is 7. The van der Waals surface area contributed by atoms with Crippen molar-refractivity contribution < 1.29 is 19.2 Å². The van der Waals surface area contributed by atoms with Gasteiger partial charge in [-0.15, -0.1) is 0 Å². The summed E-state index contributed by atoms with van der Waals surface area (Å²) in [4.78, 5) is 33.9. The first-order valence-electron chi connectivity index (χ1n) is 7.21. The molecule has 1 amide bonds. The summed E-state index contributed by atoms with van der Waals surface area (Å²) in [5.41, 5.74) is 1.19. The van der Waals surface area contributed by atoms with E-state index in [4.69, 9.17) is 4.74 Å². The highest BCUT2D eigenvalue weighted by Crippen LogP contribution is 2.17. The number of carbonyl (C=O) groups excluding carboxylic acids is 2. The molecule has 2 rings (SSSR count). The van der Waals surface area contributed by atoms with Crippen molar-refractivity contribution in [2.45, 2.75) is 25.9 Å². The summed E-state index contributed by atoms with van der Waals surface area (Å²) >= 11 is 1.55. The van der Waals surface area contributed by atoms with Crippen LogP contribution in [0.4, 0.5) is 11.4 Å². The van der Waals surface area contributed by atoms with Crippen LogP contribution in [0.25, 0.3) is 0 Å². The Balaban J connectivity index is 1.84. The standard InChI is InChI=1S/C16H16N2O5S/c1-11(23-15(19)6-5-12-7-8-24-10-12)16(20)17-13-3-2-4-14(9-13)18(21)22/h2-4,7-11H,5-6H2,1H3,(H,17,20). The lowest BCUT2D eigenvalue weighted by atomic mass is 10.2. The van der Waals surface area contributed by atoms with Crippen LogP contribution in [0.3, 0.4) is 0 Å². The van der Waals surface area contributed by atoms with Crippen molar-refractivity contribution in [2.75, 3.05) is 5.32 Å². The Bertz CT molecular complexity index is 730. The Hall–Kier alpha value is -2.74. The lowest BCUT2D eigenvalue weighted by Gasteiger charge is -2.13. The van der Waals surface area contributed by atoms with E-state index in [1.165, 1.54) is 31.2 Å². The van der Waals surface area contributed by atoms with Gasteiger partial charge in [-0.1, -0.05) is 6.07 Å². The molecule has 1 unspecified atom stereocenters. The highest BCUT2D eigenvalue weighted by Gasteiger charge is 2.18. The molecule has 0 fully saturated rings. The van der Waals surface area contributed by atoms with Crippen LogP contribution in [0.15, 0.2) is 41.1 Å². The average molecular weight is 348 g/mol. The van der Waals surface area contributed by atoms with E-state index in [1.54, 1.807) is 11.3 Å². The molecule has 1 N–H and O–H groups in total. The third-order valence-corrected chi connectivity index (χ3v) is 3.93. The van der Waals surface area contributed by atoms with Crippen molar-refractivity contribution in [3.63, 3.8) is 0 Å². The van der Waals surface area contributed by atoms with Gasteiger partial charge in [0.25, 0.3) is 11.6 Å². The minimum atomic E-state index is -0.987. The van der Waals surface area contributed by atoms with Crippen molar-refractivity contribution >= 4 is 34.6 Å². The van der Waals surface area contributed by atoms with E-state index < -0.39 is 22.9 Å². The number of thiophene rings is 1. The summed E-state index contributed by atoms with van der Waals surface area (Å²) in [6.07, 6.45) is -0.244. The lowest BCUT2D eigenvalue weighted by Crippen LogP contribution is -2.30. The second-order valence-electron chi connectivity index (χ2n) is 5.06. The molecule has 1 heterocycles. The highest BCUT2D eigenvalue weighted by molar-refractivity contribution is 7.07. The number of anilines is 1. The molecular formula is C16H16N2O5S. The van der Waals surface area contributed by atoms with Crippen LogP contribution in [-0.4, -0.2) is 22.9 Å². The summed E-state index contributed by atoms with van der Waals surface area (Å²) in [7, 11) is 0. The number of esters is 1. The summed E-state index contributed by atoms with van der Waals surface area (Å²) < 4.78 is 5.08. The molecule has 1 atom stereocenters. The maximum Gasteiger partial charge on any atom is 0.306 e. The number of amides is 1. The van der Waals surface area contributed by atoms with Gasteiger partial charge >= 0.3 is 5.97 Å². The predicted octanol–water partition coefficient (Wildman–Crippen LogP) is 3.16. The van der Waals surface area contributed by atoms with Gasteiger partial charge in [-0.05, 0) is 41.8 Å². The Morgan fingerprint density at radius 1 is 1.38 bits per heavy atom. The van der Waals surface area contributed by atoms with Gasteiger partial charge in [0, 0.05) is 24.2 Å². The maximum absolute atomic E-state index is 12.0. The average Bonchev–Trinajstić information content (AvgIpc) is 3.06. The fourth-order valence-corrected chi connectivity index (χ4v) is 2.64. The number of aryl methyl sites for hydroxylation is 1. The van der Waals surface area contributed by atoms with Gasteiger partial charge in [0.05, 0.1) is 4.92 Å². The SMILES string of the molecule is CC(OC(=O)CCc1ccsc1)C(=O)Nc1cccc([N+](=O)[O-])c1. The number of nitrogens with zero attached hydrogens (tertiary/aromatic N) is 1. The van der Waals surface area contributed by atoms with Crippen LogP contribution in [0.5, 0.6) is 0 Å². The zero-order valence-corrected chi connectivity index (χ0v) is 13.7. The number of hydrogen-bond acceptors (Lipinski definition) is 6. The molecule has 1 aromatic heterocycles. The second kappa shape index (κ2) is 8.21. The molecule has 126 valence electrons. The summed E-state index contributed by atoms with van der Waals surface area (Å²) in [5, 5.41) is 17.1. The molecule has 0 spiro atoms. The van der Waals surface area contributed by atoms with Crippen molar-refractivity contribution in [3.05, 3.63) is 56.8 Å². The number of nitrogens with one attached hydrogen (secondary N) is 1. The van der Waals surface area contributed by atoms with Gasteiger partial charge < -0.3 is 10.1 Å². The van der Waals surface area contributed by atoms with Gasteiger partial charge in [0.1, 0.15) is 0 Å². The van der Waals surface area contributed by atoms with Crippen LogP contribution in [0.1, 0.15) is 18.9 Å². The number of nitro groups is 1. The zero-order valence-electron chi connectivity index (χ0n) is 12.9. The Labute approximate surface area is 142 Å². The topological polar surface area (TPSA) is 98.5 Å². The Morgan fingerprint density at radius 2 is 2.17 bits per heavy atom. The molecule has 0 saturated carbocycles. The molecule has 0 radical (unpaired) electrons. The van der Waals surface area contributed by atoms with E-state index in [2.05, 4.69) is 5.32 Å². The Morgan fingerprint density at radius 3 is 2.83 bits per heavy atom. The fourth-order valence-electron chi connectivity index (χ4n) is 1.93. The third-order valence-electron chi connectivity index (χ3n) is 3.20. The quantitative estimate of drug-likeness (QED) is 0.471. The van der Waals surface area contributed by atoms with Gasteiger partial charge in [-0.3, -0.25) is 19.7 Å². The van der Waals surface area contributed by atoms with Crippen molar-refractivity contribution in [2.24, 2.45) is 0 Å². The fraction of sp³-hybridized carbons (Fsp3) is 0.250. The monoisotopic (exact) mass is 348 g/mol. The molecule has 0 bridgehead atoms. The number of carbonyl (C=O) groups is 2. The van der Waals surface area contributed by atoms with E-state index in [-0.39, 0.29) is 17.8 Å². The summed E-state index contributed by atoms with van der Waals surface area (Å²) in [6.45, 7) is 1.45. The van der Waals surface area contributed by atoms with E-state index in [0.29, 0.717) is 6.42 Å². The van der Waals surface area contributed by atoms with Gasteiger partial charge in [0.2, 0.25) is 0 Å². The number of hydrogen-bond donors (Lipinski definition) is 1. The van der Waals surface area contributed by atoms with Gasteiger partial charge in [0.15, 0.2) is 6.10 Å². The largest absolute Gasteiger partial charge is 0.453 e. The van der Waals surface area contributed by atoms with E-state index in [0.717, 1.165) is 5.56 Å². The van der Waals surface area contributed by atoms with E-state index >= 15 is 0 Å². The van der Waals surface area contributed by atoms with Gasteiger partial charge in [-0.25, -0.2) is 0 Å². The molecular weight excluding hydrogens is 332 g/mol. The van der Waals surface area contributed by atoms with Crippen molar-refractivity contribution in [3.8, 4) is 0 Å². The number of nitro benzene ring substituents is 1. The number of non-ortho nitro benzene ring substituents is 1. The molecule has 0 saturated heterocycles. The molecule has 7 nitrogen and oxygen atoms in total. The second-order valence-corrected chi connectivity index (χ2v) is 5.84. The number of benzene rings is 1. The first-order valence-corrected chi connectivity index (χ1v) is 8.16. The van der Waals surface area contributed by atoms with Gasteiger partial charge in [-0.2, -0.15) is 11.3 Å².